The summed E-state index contributed by atoms with van der Waals surface area (Å²) >= 11 is 0. The molecular formula is C68H141N13O8. The lowest BCUT2D eigenvalue weighted by atomic mass is 9.87. The van der Waals surface area contributed by atoms with Crippen LogP contribution in [-0.2, 0) is 18.9 Å². The highest BCUT2D eigenvalue weighted by Crippen LogP contribution is 2.27. The molecule has 0 aromatic heterocycles. The fourth-order valence-corrected chi connectivity index (χ4v) is 11.9. The molecule has 19 N–H and O–H groups in total. The van der Waals surface area contributed by atoms with E-state index in [2.05, 4.69) is 55.7 Å². The molecule has 8 aliphatic rings. The van der Waals surface area contributed by atoms with E-state index in [0.717, 1.165) is 101 Å². The molecule has 0 unspecified atom stereocenters. The maximum absolute atomic E-state index is 11.6. The second-order valence-corrected chi connectivity index (χ2v) is 32.0. The van der Waals surface area contributed by atoms with Gasteiger partial charge in [0.2, 0.25) is 0 Å². The fourth-order valence-electron chi connectivity index (χ4n) is 11.9. The zero-order chi connectivity index (χ0) is 68.0. The van der Waals surface area contributed by atoms with Gasteiger partial charge >= 0.3 is 24.4 Å². The Hall–Kier alpha value is -3.28. The second kappa shape index (κ2) is 41.4. The van der Waals surface area contributed by atoms with Crippen LogP contribution in [0.25, 0.3) is 0 Å². The van der Waals surface area contributed by atoms with E-state index < -0.39 is 22.4 Å². The average Bonchev–Trinajstić information content (AvgIpc) is 4.03. The van der Waals surface area contributed by atoms with Crippen LogP contribution in [0.3, 0.4) is 0 Å². The van der Waals surface area contributed by atoms with Crippen molar-refractivity contribution in [3.8, 4) is 0 Å². The Bertz CT molecular complexity index is 1870. The van der Waals surface area contributed by atoms with Gasteiger partial charge in [-0.2, -0.15) is 0 Å². The third kappa shape index (κ3) is 44.0. The third-order valence-electron chi connectivity index (χ3n) is 17.1. The van der Waals surface area contributed by atoms with E-state index in [4.69, 9.17) is 64.8 Å². The van der Waals surface area contributed by atoms with Crippen molar-refractivity contribution in [2.45, 2.75) is 372 Å². The normalized spacial score (nSPS) is 31.5. The molecule has 8 saturated carbocycles. The number of carbonyl (C=O) groups excluding carboxylic acids is 4. The summed E-state index contributed by atoms with van der Waals surface area (Å²) in [7, 11) is 6.08. The zero-order valence-electron chi connectivity index (χ0n) is 59.9. The van der Waals surface area contributed by atoms with Crippen molar-refractivity contribution in [3.05, 3.63) is 0 Å². The first-order chi connectivity index (χ1) is 41.0. The van der Waals surface area contributed by atoms with Crippen LogP contribution >= 0.6 is 0 Å². The van der Waals surface area contributed by atoms with Crippen LogP contribution < -0.4 is 61.8 Å². The van der Waals surface area contributed by atoms with Gasteiger partial charge in [-0.1, -0.05) is 33.6 Å². The van der Waals surface area contributed by atoms with Crippen molar-refractivity contribution in [1.29, 1.82) is 0 Å². The van der Waals surface area contributed by atoms with Gasteiger partial charge in [-0.15, -0.1) is 0 Å². The Morgan fingerprint density at radius 3 is 0.944 bits per heavy atom. The molecule has 89 heavy (non-hydrogen) atoms. The minimum absolute atomic E-state index is 0.184. The summed E-state index contributed by atoms with van der Waals surface area (Å²) in [4.78, 5) is 49.6. The van der Waals surface area contributed by atoms with Crippen LogP contribution in [0, 0.1) is 17.8 Å². The molecule has 8 rings (SSSR count). The van der Waals surface area contributed by atoms with E-state index in [1.54, 1.807) is 11.9 Å². The van der Waals surface area contributed by atoms with Crippen LogP contribution in [0.15, 0.2) is 0 Å². The monoisotopic (exact) mass is 1270 g/mol. The minimum Gasteiger partial charge on any atom is -0.444 e. The molecule has 0 radical (unpaired) electrons. The zero-order valence-corrected chi connectivity index (χ0v) is 59.9. The SMILES string of the molecule is CC(C)(C)OC(=O)NC1CC(N)C1.CC(C)(C)OC(=O)NC1CCC(N)CC1.CC(C)(C)OC(=O)N[C@@H]1CCC[C@H](N)C1.CN(C(=O)OC(C)(C)C)C1CC(N)C1.CN(C)C1CCC(N)CC1.C[C@@H]1CC[C@H](N)C1.C[C@H]1CCC[C@@H](N)C1.C[C@H]1CC[C@@H](N)C1. The Morgan fingerprint density at radius 1 is 0.326 bits per heavy atom. The summed E-state index contributed by atoms with van der Waals surface area (Å²) in [6.45, 7) is 29.1. The summed E-state index contributed by atoms with van der Waals surface area (Å²) in [5, 5.41) is 8.51. The van der Waals surface area contributed by atoms with Crippen molar-refractivity contribution in [2.75, 3.05) is 21.1 Å². The van der Waals surface area contributed by atoms with Gasteiger partial charge in [0.1, 0.15) is 22.4 Å². The number of hydrogen-bond acceptors (Lipinski definition) is 17. The number of rotatable bonds is 5. The summed E-state index contributed by atoms with van der Waals surface area (Å²) in [5.41, 5.74) is 43.9. The van der Waals surface area contributed by atoms with Gasteiger partial charge in [0, 0.05) is 85.6 Å². The molecule has 0 aromatic rings. The quantitative estimate of drug-likeness (QED) is 0.114. The smallest absolute Gasteiger partial charge is 0.410 e. The van der Waals surface area contributed by atoms with E-state index in [1.807, 2.05) is 83.1 Å². The summed E-state index contributed by atoms with van der Waals surface area (Å²) in [6.07, 6.45) is 28.1. The lowest BCUT2D eigenvalue weighted by Gasteiger charge is -2.39. The van der Waals surface area contributed by atoms with Gasteiger partial charge < -0.3 is 90.6 Å². The number of nitrogens with one attached hydrogen (secondary N) is 3. The molecule has 8 fully saturated rings. The largest absolute Gasteiger partial charge is 0.444 e. The van der Waals surface area contributed by atoms with E-state index in [0.29, 0.717) is 30.2 Å². The summed E-state index contributed by atoms with van der Waals surface area (Å²) in [5.74, 6) is 2.68. The minimum atomic E-state index is -0.430. The molecular weight excluding hydrogens is 1130 g/mol. The topological polar surface area (TPSA) is 356 Å². The molecule has 0 bridgehead atoms. The van der Waals surface area contributed by atoms with Gasteiger partial charge in [-0.05, 0) is 269 Å². The molecule has 526 valence electrons. The molecule has 4 amide bonds. The van der Waals surface area contributed by atoms with Gasteiger partial charge in [0.25, 0.3) is 0 Å². The third-order valence-corrected chi connectivity index (χ3v) is 17.1. The van der Waals surface area contributed by atoms with Gasteiger partial charge in [0.15, 0.2) is 0 Å². The number of ether oxygens (including phenoxy) is 4. The predicted octanol–water partition coefficient (Wildman–Crippen LogP) is 10.5. The van der Waals surface area contributed by atoms with Crippen LogP contribution in [0.5, 0.6) is 0 Å². The number of nitrogens with two attached hydrogens (primary N) is 8. The van der Waals surface area contributed by atoms with Crippen LogP contribution in [0.4, 0.5) is 19.2 Å². The van der Waals surface area contributed by atoms with E-state index in [1.165, 1.54) is 89.9 Å². The van der Waals surface area contributed by atoms with Crippen LogP contribution in [0.1, 0.15) is 271 Å². The van der Waals surface area contributed by atoms with Crippen molar-refractivity contribution < 1.29 is 38.1 Å². The number of amides is 4. The van der Waals surface area contributed by atoms with Crippen LogP contribution in [-0.4, -0.2) is 156 Å². The molecule has 21 heteroatoms. The van der Waals surface area contributed by atoms with Gasteiger partial charge in [-0.3, -0.25) is 0 Å². The Labute approximate surface area is 542 Å². The van der Waals surface area contributed by atoms with Crippen LogP contribution in [0.2, 0.25) is 0 Å². The van der Waals surface area contributed by atoms with E-state index >= 15 is 0 Å². The molecule has 0 saturated heterocycles. The summed E-state index contributed by atoms with van der Waals surface area (Å²) in [6, 6.07) is 4.76. The molecule has 21 nitrogen and oxygen atoms in total. The highest BCUT2D eigenvalue weighted by atomic mass is 16.6. The van der Waals surface area contributed by atoms with Gasteiger partial charge in [-0.25, -0.2) is 19.2 Å². The first-order valence-electron chi connectivity index (χ1n) is 34.6. The standard InChI is InChI=1S/2C11H22N2O2.C10H20N2O2.C9H18N2O2.C8H18N2.C7H15N.2C6H13N/c1-11(2,3)15-10(14)13-9-6-4-8(12)5-7-9;1-11(2,3)15-10(14)13-9-6-4-5-8(12)7-9;1-10(2,3)14-9(13)12(4)8-5-7(11)6-8;1-9(2,3)13-8(12)11-7-4-6(10)5-7;1-10(2)8-5-3-7(9)4-6-8;1-6-3-2-4-7(8)5-6;2*1-5-2-3-6(7)4-5/h2*8-9H,4-7,12H2,1-3H3,(H,13,14);7-8H,5-6,11H2,1-4H3;6-7H,4-5,10H2,1-3H3,(H,11,12);7-8H,3-6,9H2,1-2H3;6-7H,2-5,8H2,1H3;2*5-6H,2-4,7H2,1H3/t;8-,9+;;;;6-,7+;2*5-,6+/m.0...010/s1. The Morgan fingerprint density at radius 2 is 0.640 bits per heavy atom. The van der Waals surface area contributed by atoms with E-state index in [9.17, 15) is 19.2 Å². The number of hydrogen-bond donors (Lipinski definition) is 11. The maximum Gasteiger partial charge on any atom is 0.410 e. The maximum atomic E-state index is 11.6. The number of carbonyl (C=O) groups is 4. The van der Waals surface area contributed by atoms with Crippen molar-refractivity contribution >= 4 is 24.4 Å². The number of alkyl carbamates (subject to hydrolysis) is 3. The first-order valence-corrected chi connectivity index (χ1v) is 34.6. The molecule has 0 aliphatic heterocycles. The molecule has 0 aromatic carbocycles. The highest BCUT2D eigenvalue weighted by Gasteiger charge is 2.34. The molecule has 0 spiro atoms. The second-order valence-electron chi connectivity index (χ2n) is 32.0. The molecule has 8 aliphatic carbocycles. The van der Waals surface area contributed by atoms with Crippen molar-refractivity contribution in [1.82, 2.24) is 25.8 Å². The first kappa shape index (κ1) is 83.7. The predicted molar refractivity (Wildman–Crippen MR) is 366 cm³/mol. The lowest BCUT2D eigenvalue weighted by molar-refractivity contribution is 0.0122. The molecule has 0 heterocycles. The van der Waals surface area contributed by atoms with Crippen molar-refractivity contribution in [3.63, 3.8) is 0 Å². The molecule has 8 atom stereocenters. The number of nitrogens with zero attached hydrogens (tertiary/aromatic N) is 2. The average molecular weight is 1270 g/mol. The van der Waals surface area contributed by atoms with Crippen molar-refractivity contribution in [2.24, 2.45) is 63.6 Å². The van der Waals surface area contributed by atoms with E-state index in [-0.39, 0.29) is 66.7 Å². The lowest BCUT2D eigenvalue weighted by Crippen LogP contribution is -2.52. The highest BCUT2D eigenvalue weighted by molar-refractivity contribution is 5.69. The fraction of sp³-hybridized carbons (Fsp3) is 0.941. The summed E-state index contributed by atoms with van der Waals surface area (Å²) < 4.78 is 20.7. The Balaban J connectivity index is 0.000000516. The Kier molecular flexibility index (Phi) is 39.0. The van der Waals surface area contributed by atoms with Gasteiger partial charge in [0.05, 0.1) is 0 Å².